The molecule has 134 valence electrons. The first kappa shape index (κ1) is 16.8. The first-order valence-corrected chi connectivity index (χ1v) is 9.08. The summed E-state index contributed by atoms with van der Waals surface area (Å²) in [6.07, 6.45) is 2.71. The van der Waals surface area contributed by atoms with Gasteiger partial charge in [0, 0.05) is 6.04 Å². The molecule has 1 atom stereocenters. The Balaban J connectivity index is 1.32. The van der Waals surface area contributed by atoms with Gasteiger partial charge in [-0.3, -0.25) is 0 Å². The van der Waals surface area contributed by atoms with Gasteiger partial charge in [-0.2, -0.15) is 4.98 Å². The van der Waals surface area contributed by atoms with E-state index < -0.39 is 0 Å². The van der Waals surface area contributed by atoms with Crippen molar-refractivity contribution in [3.05, 3.63) is 76.9 Å². The number of hydrogen-bond acceptors (Lipinski definition) is 5. The van der Waals surface area contributed by atoms with Crippen LogP contribution in [0.2, 0.25) is 0 Å². The maximum atomic E-state index is 5.92. The van der Waals surface area contributed by atoms with Crippen LogP contribution >= 0.6 is 0 Å². The van der Waals surface area contributed by atoms with Crippen LogP contribution in [0.25, 0.3) is 0 Å². The number of benzene rings is 2. The van der Waals surface area contributed by atoms with E-state index in [0.717, 1.165) is 18.6 Å². The Bertz CT molecular complexity index is 848. The molecule has 3 aromatic rings. The third-order valence-corrected chi connectivity index (χ3v) is 4.84. The summed E-state index contributed by atoms with van der Waals surface area (Å²) in [6, 6.07) is 16.8. The van der Waals surface area contributed by atoms with Crippen molar-refractivity contribution in [2.75, 3.05) is 6.61 Å². The first-order valence-electron chi connectivity index (χ1n) is 9.08. The zero-order chi connectivity index (χ0) is 17.8. The van der Waals surface area contributed by atoms with E-state index in [-0.39, 0.29) is 6.04 Å². The lowest BCUT2D eigenvalue weighted by Crippen LogP contribution is -2.34. The SMILES string of the molecule is Cc1ccccc1Cc1nc(CNC2CCc3ccccc3OC2)no1. The molecule has 0 fully saturated rings. The lowest BCUT2D eigenvalue weighted by molar-refractivity contribution is 0.265. The first-order chi connectivity index (χ1) is 12.8. The van der Waals surface area contributed by atoms with Gasteiger partial charge in [0.2, 0.25) is 5.89 Å². The highest BCUT2D eigenvalue weighted by Gasteiger charge is 2.17. The smallest absolute Gasteiger partial charge is 0.231 e. The van der Waals surface area contributed by atoms with E-state index in [2.05, 4.69) is 46.6 Å². The molecule has 1 aliphatic heterocycles. The van der Waals surface area contributed by atoms with Crippen molar-refractivity contribution in [3.63, 3.8) is 0 Å². The van der Waals surface area contributed by atoms with Gasteiger partial charge in [0.1, 0.15) is 12.4 Å². The van der Waals surface area contributed by atoms with Crippen molar-refractivity contribution >= 4 is 0 Å². The van der Waals surface area contributed by atoms with Crippen molar-refractivity contribution in [1.82, 2.24) is 15.5 Å². The largest absolute Gasteiger partial charge is 0.492 e. The highest BCUT2D eigenvalue weighted by Crippen LogP contribution is 2.23. The Kier molecular flexibility index (Phi) is 4.97. The summed E-state index contributed by atoms with van der Waals surface area (Å²) in [7, 11) is 0. The predicted molar refractivity (Wildman–Crippen MR) is 99.2 cm³/mol. The number of hydrogen-bond donors (Lipinski definition) is 1. The molecule has 0 amide bonds. The van der Waals surface area contributed by atoms with Gasteiger partial charge in [-0.1, -0.05) is 47.6 Å². The number of nitrogens with one attached hydrogen (secondary N) is 1. The van der Waals surface area contributed by atoms with Crippen molar-refractivity contribution in [3.8, 4) is 5.75 Å². The van der Waals surface area contributed by atoms with Gasteiger partial charge < -0.3 is 14.6 Å². The molecule has 0 radical (unpaired) electrons. The third-order valence-electron chi connectivity index (χ3n) is 4.84. The molecule has 5 heteroatoms. The number of aryl methyl sites for hydroxylation is 2. The maximum absolute atomic E-state index is 5.92. The second kappa shape index (κ2) is 7.70. The molecule has 0 bridgehead atoms. The minimum absolute atomic E-state index is 0.278. The van der Waals surface area contributed by atoms with Gasteiger partial charge in [0.05, 0.1) is 13.0 Å². The molecule has 1 unspecified atom stereocenters. The standard InChI is InChI=1S/C21H23N3O2/c1-15-6-2-3-8-17(15)12-21-23-20(24-26-21)13-22-18-11-10-16-7-4-5-9-19(16)25-14-18/h2-9,18,22H,10-14H2,1H3. The quantitative estimate of drug-likeness (QED) is 0.764. The number of para-hydroxylation sites is 1. The third kappa shape index (κ3) is 3.94. The van der Waals surface area contributed by atoms with E-state index in [1.165, 1.54) is 16.7 Å². The fraction of sp³-hybridized carbons (Fsp3) is 0.333. The second-order valence-electron chi connectivity index (χ2n) is 6.74. The Morgan fingerprint density at radius 2 is 1.96 bits per heavy atom. The van der Waals surface area contributed by atoms with E-state index in [1.807, 2.05) is 24.3 Å². The molecular weight excluding hydrogens is 326 g/mol. The monoisotopic (exact) mass is 349 g/mol. The molecule has 26 heavy (non-hydrogen) atoms. The molecule has 2 heterocycles. The van der Waals surface area contributed by atoms with Crippen LogP contribution in [-0.4, -0.2) is 22.8 Å². The van der Waals surface area contributed by atoms with Gasteiger partial charge in [0.25, 0.3) is 0 Å². The van der Waals surface area contributed by atoms with Crippen LogP contribution in [0.4, 0.5) is 0 Å². The van der Waals surface area contributed by atoms with Crippen molar-refractivity contribution < 1.29 is 9.26 Å². The van der Waals surface area contributed by atoms with E-state index >= 15 is 0 Å². The summed E-state index contributed by atoms with van der Waals surface area (Å²) >= 11 is 0. The van der Waals surface area contributed by atoms with Gasteiger partial charge in [-0.25, -0.2) is 0 Å². The molecule has 0 saturated heterocycles. The maximum Gasteiger partial charge on any atom is 0.231 e. The van der Waals surface area contributed by atoms with Crippen LogP contribution < -0.4 is 10.1 Å². The molecular formula is C21H23N3O2. The molecule has 5 nitrogen and oxygen atoms in total. The zero-order valence-electron chi connectivity index (χ0n) is 14.9. The zero-order valence-corrected chi connectivity index (χ0v) is 14.9. The normalized spacial score (nSPS) is 16.6. The van der Waals surface area contributed by atoms with Crippen LogP contribution in [0, 0.1) is 6.92 Å². The fourth-order valence-electron chi connectivity index (χ4n) is 3.26. The Morgan fingerprint density at radius 3 is 2.88 bits per heavy atom. The molecule has 0 spiro atoms. The van der Waals surface area contributed by atoms with E-state index in [0.29, 0.717) is 31.3 Å². The van der Waals surface area contributed by atoms with Crippen LogP contribution in [0.15, 0.2) is 53.1 Å². The summed E-state index contributed by atoms with van der Waals surface area (Å²) in [6.45, 7) is 3.34. The average molecular weight is 349 g/mol. The molecule has 4 rings (SSSR count). The molecule has 0 aliphatic carbocycles. The minimum Gasteiger partial charge on any atom is -0.492 e. The number of fused-ring (bicyclic) bond motifs is 1. The Labute approximate surface area is 153 Å². The van der Waals surface area contributed by atoms with Gasteiger partial charge in [0.15, 0.2) is 5.82 Å². The van der Waals surface area contributed by atoms with Crippen LogP contribution in [-0.2, 0) is 19.4 Å². The molecule has 2 aromatic carbocycles. The topological polar surface area (TPSA) is 60.2 Å². The van der Waals surface area contributed by atoms with Gasteiger partial charge in [-0.15, -0.1) is 0 Å². The molecule has 0 saturated carbocycles. The summed E-state index contributed by atoms with van der Waals surface area (Å²) in [5.41, 5.74) is 3.73. The average Bonchev–Trinajstić information content (AvgIpc) is 3.00. The minimum atomic E-state index is 0.278. The highest BCUT2D eigenvalue weighted by molar-refractivity contribution is 5.34. The van der Waals surface area contributed by atoms with E-state index in [9.17, 15) is 0 Å². The number of nitrogens with zero attached hydrogens (tertiary/aromatic N) is 2. The van der Waals surface area contributed by atoms with Crippen LogP contribution in [0.1, 0.15) is 34.8 Å². The van der Waals surface area contributed by atoms with E-state index in [4.69, 9.17) is 9.26 Å². The van der Waals surface area contributed by atoms with Crippen LogP contribution in [0.3, 0.4) is 0 Å². The van der Waals surface area contributed by atoms with Gasteiger partial charge in [-0.05, 0) is 42.5 Å². The van der Waals surface area contributed by atoms with Crippen LogP contribution in [0.5, 0.6) is 5.75 Å². The van der Waals surface area contributed by atoms with Gasteiger partial charge >= 0.3 is 0 Å². The predicted octanol–water partition coefficient (Wildman–Crippen LogP) is 3.45. The number of aromatic nitrogens is 2. The number of ether oxygens (including phenoxy) is 1. The molecule has 1 N–H and O–H groups in total. The molecule has 1 aromatic heterocycles. The number of rotatable bonds is 5. The van der Waals surface area contributed by atoms with Crippen molar-refractivity contribution in [2.45, 2.75) is 38.8 Å². The Morgan fingerprint density at radius 1 is 1.12 bits per heavy atom. The summed E-state index contributed by atoms with van der Waals surface area (Å²) in [4.78, 5) is 4.51. The lowest BCUT2D eigenvalue weighted by Gasteiger charge is -2.14. The molecule has 1 aliphatic rings. The summed E-state index contributed by atoms with van der Waals surface area (Å²) in [5, 5.41) is 7.59. The highest BCUT2D eigenvalue weighted by atomic mass is 16.5. The van der Waals surface area contributed by atoms with E-state index in [1.54, 1.807) is 0 Å². The second-order valence-corrected chi connectivity index (χ2v) is 6.74. The summed E-state index contributed by atoms with van der Waals surface area (Å²) < 4.78 is 11.3. The van der Waals surface area contributed by atoms with Crippen molar-refractivity contribution in [2.24, 2.45) is 0 Å². The lowest BCUT2D eigenvalue weighted by atomic mass is 10.1. The Hall–Kier alpha value is -2.66. The summed E-state index contributed by atoms with van der Waals surface area (Å²) in [5.74, 6) is 2.34. The van der Waals surface area contributed by atoms with Crippen molar-refractivity contribution in [1.29, 1.82) is 0 Å². The fourth-order valence-corrected chi connectivity index (χ4v) is 3.26.